The van der Waals surface area contributed by atoms with E-state index < -0.39 is 0 Å². The van der Waals surface area contributed by atoms with Gasteiger partial charge in [-0.25, -0.2) is 0 Å². The molecule has 11 heavy (non-hydrogen) atoms. The number of allylic oxidation sites excluding steroid dienone is 1. The van der Waals surface area contributed by atoms with Crippen LogP contribution in [0.15, 0.2) is 30.6 Å². The van der Waals surface area contributed by atoms with Crippen LogP contribution in [0.25, 0.3) is 6.08 Å². The lowest BCUT2D eigenvalue weighted by Crippen LogP contribution is -1.72. The Bertz CT molecular complexity index is 247. The predicted molar refractivity (Wildman–Crippen MR) is 46.0 cm³/mol. The Balaban J connectivity index is 2.05. The summed E-state index contributed by atoms with van der Waals surface area (Å²) in [6.45, 7) is 0. The molecule has 1 fully saturated rings. The van der Waals surface area contributed by atoms with E-state index in [-0.39, 0.29) is 0 Å². The van der Waals surface area contributed by atoms with Crippen molar-refractivity contribution in [1.29, 1.82) is 0 Å². The Labute approximate surface area is 66.8 Å². The van der Waals surface area contributed by atoms with Gasteiger partial charge >= 0.3 is 0 Å². The zero-order chi connectivity index (χ0) is 7.52. The van der Waals surface area contributed by atoms with E-state index in [1.54, 1.807) is 0 Å². The molecular weight excluding hydrogens is 134 g/mol. The fraction of sp³-hybridized carbons (Fsp3) is 0.300. The minimum Gasteiger partial charge on any atom is -0.265 e. The van der Waals surface area contributed by atoms with Crippen LogP contribution in [-0.2, 0) is 0 Å². The third kappa shape index (κ3) is 1.90. The fourth-order valence-corrected chi connectivity index (χ4v) is 1.01. The average Bonchev–Trinajstić information content (AvgIpc) is 2.86. The van der Waals surface area contributed by atoms with Gasteiger partial charge in [0.05, 0.1) is 0 Å². The SMILES string of the molecule is C(=CC1CC1)c1ccncc1. The lowest BCUT2D eigenvalue weighted by atomic mass is 10.2. The van der Waals surface area contributed by atoms with Gasteiger partial charge in [0, 0.05) is 12.4 Å². The second-order valence-electron chi connectivity index (χ2n) is 2.98. The maximum absolute atomic E-state index is 3.95. The number of nitrogens with zero attached hydrogens (tertiary/aromatic N) is 1. The van der Waals surface area contributed by atoms with E-state index in [9.17, 15) is 0 Å². The van der Waals surface area contributed by atoms with Gasteiger partial charge in [0.1, 0.15) is 0 Å². The van der Waals surface area contributed by atoms with Crippen LogP contribution in [-0.4, -0.2) is 4.98 Å². The zero-order valence-electron chi connectivity index (χ0n) is 6.40. The minimum atomic E-state index is 0.864. The van der Waals surface area contributed by atoms with E-state index in [1.165, 1.54) is 18.4 Å². The number of hydrogen-bond donors (Lipinski definition) is 0. The van der Waals surface area contributed by atoms with Gasteiger partial charge in [-0.2, -0.15) is 0 Å². The molecule has 0 aliphatic heterocycles. The van der Waals surface area contributed by atoms with E-state index in [4.69, 9.17) is 0 Å². The van der Waals surface area contributed by atoms with E-state index in [2.05, 4.69) is 17.1 Å². The summed E-state index contributed by atoms with van der Waals surface area (Å²) >= 11 is 0. The van der Waals surface area contributed by atoms with Gasteiger partial charge in [0.2, 0.25) is 0 Å². The predicted octanol–water partition coefficient (Wildman–Crippen LogP) is 2.50. The molecule has 1 aliphatic rings. The number of pyridine rings is 1. The second kappa shape index (κ2) is 2.87. The molecule has 1 saturated carbocycles. The number of rotatable bonds is 2. The van der Waals surface area contributed by atoms with Crippen molar-refractivity contribution in [3.63, 3.8) is 0 Å². The molecule has 0 amide bonds. The van der Waals surface area contributed by atoms with Crippen LogP contribution in [0.3, 0.4) is 0 Å². The van der Waals surface area contributed by atoms with Crippen molar-refractivity contribution in [1.82, 2.24) is 4.98 Å². The Morgan fingerprint density at radius 2 is 2.00 bits per heavy atom. The van der Waals surface area contributed by atoms with Crippen LogP contribution in [0.4, 0.5) is 0 Å². The first kappa shape index (κ1) is 6.59. The van der Waals surface area contributed by atoms with Crippen LogP contribution in [0.1, 0.15) is 18.4 Å². The Hall–Kier alpha value is -1.11. The summed E-state index contributed by atoms with van der Waals surface area (Å²) in [6.07, 6.45) is 10.9. The average molecular weight is 145 g/mol. The maximum Gasteiger partial charge on any atom is 0.0273 e. The van der Waals surface area contributed by atoms with E-state index in [1.807, 2.05) is 24.5 Å². The lowest BCUT2D eigenvalue weighted by molar-refractivity contribution is 1.13. The molecule has 1 heteroatoms. The molecule has 1 aromatic heterocycles. The molecule has 0 aromatic carbocycles. The standard InChI is InChI=1S/C10H11N/c1-2-9(1)3-4-10-5-7-11-8-6-10/h3-9H,1-2H2. The van der Waals surface area contributed by atoms with E-state index in [0.717, 1.165) is 5.92 Å². The highest BCUT2D eigenvalue weighted by Gasteiger charge is 2.16. The normalized spacial score (nSPS) is 17.5. The van der Waals surface area contributed by atoms with E-state index >= 15 is 0 Å². The van der Waals surface area contributed by atoms with Crippen molar-refractivity contribution in [3.05, 3.63) is 36.2 Å². The van der Waals surface area contributed by atoms with Gasteiger partial charge in [-0.05, 0) is 36.5 Å². The molecule has 1 aromatic rings. The summed E-state index contributed by atoms with van der Waals surface area (Å²) in [5.74, 6) is 0.864. The van der Waals surface area contributed by atoms with Crippen LogP contribution in [0.5, 0.6) is 0 Å². The van der Waals surface area contributed by atoms with Crippen LogP contribution >= 0.6 is 0 Å². The van der Waals surface area contributed by atoms with Crippen molar-refractivity contribution in [2.24, 2.45) is 5.92 Å². The van der Waals surface area contributed by atoms with E-state index in [0.29, 0.717) is 0 Å². The maximum atomic E-state index is 3.95. The van der Waals surface area contributed by atoms with Crippen molar-refractivity contribution < 1.29 is 0 Å². The summed E-state index contributed by atoms with van der Waals surface area (Å²) < 4.78 is 0. The molecule has 0 unspecified atom stereocenters. The van der Waals surface area contributed by atoms with Gasteiger partial charge in [-0.3, -0.25) is 4.98 Å². The molecule has 0 spiro atoms. The molecule has 1 heterocycles. The third-order valence-electron chi connectivity index (χ3n) is 1.89. The van der Waals surface area contributed by atoms with Gasteiger partial charge < -0.3 is 0 Å². The molecule has 56 valence electrons. The Morgan fingerprint density at radius 1 is 1.27 bits per heavy atom. The molecule has 1 aliphatic carbocycles. The topological polar surface area (TPSA) is 12.9 Å². The first-order chi connectivity index (χ1) is 5.45. The lowest BCUT2D eigenvalue weighted by Gasteiger charge is -1.88. The molecule has 2 rings (SSSR count). The van der Waals surface area contributed by atoms with Gasteiger partial charge in [0.25, 0.3) is 0 Å². The zero-order valence-corrected chi connectivity index (χ0v) is 6.40. The number of hydrogen-bond acceptors (Lipinski definition) is 1. The van der Waals surface area contributed by atoms with Gasteiger partial charge in [-0.1, -0.05) is 12.2 Å². The third-order valence-corrected chi connectivity index (χ3v) is 1.89. The highest BCUT2D eigenvalue weighted by molar-refractivity contribution is 5.48. The quantitative estimate of drug-likeness (QED) is 0.623. The molecule has 0 radical (unpaired) electrons. The second-order valence-corrected chi connectivity index (χ2v) is 2.98. The molecule has 1 nitrogen and oxygen atoms in total. The minimum absolute atomic E-state index is 0.864. The van der Waals surface area contributed by atoms with Crippen molar-refractivity contribution in [3.8, 4) is 0 Å². The summed E-state index contributed by atoms with van der Waals surface area (Å²) in [6, 6.07) is 4.05. The number of aromatic nitrogens is 1. The molecule has 0 atom stereocenters. The fourth-order valence-electron chi connectivity index (χ4n) is 1.01. The molecule has 0 N–H and O–H groups in total. The van der Waals surface area contributed by atoms with Crippen LogP contribution < -0.4 is 0 Å². The summed E-state index contributed by atoms with van der Waals surface area (Å²) in [7, 11) is 0. The monoisotopic (exact) mass is 145 g/mol. The molecular formula is C10H11N. The summed E-state index contributed by atoms with van der Waals surface area (Å²) in [5, 5.41) is 0. The van der Waals surface area contributed by atoms with Gasteiger partial charge in [-0.15, -0.1) is 0 Å². The molecule has 0 saturated heterocycles. The van der Waals surface area contributed by atoms with Crippen LogP contribution in [0, 0.1) is 5.92 Å². The highest BCUT2D eigenvalue weighted by Crippen LogP contribution is 2.30. The van der Waals surface area contributed by atoms with Gasteiger partial charge in [0.15, 0.2) is 0 Å². The summed E-state index contributed by atoms with van der Waals surface area (Å²) in [5.41, 5.74) is 1.26. The Kier molecular flexibility index (Phi) is 1.72. The first-order valence-electron chi connectivity index (χ1n) is 4.03. The Morgan fingerprint density at radius 3 is 2.64 bits per heavy atom. The highest BCUT2D eigenvalue weighted by atomic mass is 14.6. The largest absolute Gasteiger partial charge is 0.265 e. The smallest absolute Gasteiger partial charge is 0.0273 e. The van der Waals surface area contributed by atoms with Crippen molar-refractivity contribution in [2.45, 2.75) is 12.8 Å². The summed E-state index contributed by atoms with van der Waals surface area (Å²) in [4.78, 5) is 3.95. The van der Waals surface area contributed by atoms with Crippen molar-refractivity contribution in [2.75, 3.05) is 0 Å². The molecule has 0 bridgehead atoms. The van der Waals surface area contributed by atoms with Crippen molar-refractivity contribution >= 4 is 6.08 Å². The first-order valence-corrected chi connectivity index (χ1v) is 4.03. The van der Waals surface area contributed by atoms with Crippen LogP contribution in [0.2, 0.25) is 0 Å².